The van der Waals surface area contributed by atoms with Gasteiger partial charge in [0.15, 0.2) is 5.69 Å². The number of aromatic nitrogens is 3. The Morgan fingerprint density at radius 3 is 2.74 bits per heavy atom. The van der Waals surface area contributed by atoms with Crippen LogP contribution in [0.3, 0.4) is 0 Å². The van der Waals surface area contributed by atoms with Gasteiger partial charge in [0, 0.05) is 10.9 Å². The maximum absolute atomic E-state index is 11.2. The van der Waals surface area contributed by atoms with E-state index in [1.807, 2.05) is 0 Å². The molecule has 1 fully saturated rings. The van der Waals surface area contributed by atoms with E-state index >= 15 is 0 Å². The maximum atomic E-state index is 11.2. The SMILES string of the molecule is O=C(O)c1nnn(-c2cc(Cl)ccc2Cl)c1C1CC1. The third-order valence-electron chi connectivity index (χ3n) is 3.01. The van der Waals surface area contributed by atoms with Gasteiger partial charge < -0.3 is 5.11 Å². The molecule has 2 aromatic rings. The van der Waals surface area contributed by atoms with Gasteiger partial charge in [0.25, 0.3) is 0 Å². The van der Waals surface area contributed by atoms with Crippen LogP contribution in [0.25, 0.3) is 5.69 Å². The minimum Gasteiger partial charge on any atom is -0.476 e. The first kappa shape index (κ1) is 12.4. The van der Waals surface area contributed by atoms with Crippen LogP contribution in [0.1, 0.15) is 34.9 Å². The number of nitrogens with zero attached hydrogens (tertiary/aromatic N) is 3. The van der Waals surface area contributed by atoms with Crippen LogP contribution in [0.4, 0.5) is 0 Å². The van der Waals surface area contributed by atoms with E-state index in [-0.39, 0.29) is 11.6 Å². The highest BCUT2D eigenvalue weighted by Gasteiger charge is 2.34. The summed E-state index contributed by atoms with van der Waals surface area (Å²) in [5, 5.41) is 17.8. The molecule has 5 nitrogen and oxygen atoms in total. The van der Waals surface area contributed by atoms with E-state index in [2.05, 4.69) is 10.3 Å². The van der Waals surface area contributed by atoms with Gasteiger partial charge in [-0.15, -0.1) is 5.10 Å². The second-order valence-corrected chi connectivity index (χ2v) is 5.25. The van der Waals surface area contributed by atoms with Crippen LogP contribution in [0.15, 0.2) is 18.2 Å². The monoisotopic (exact) mass is 297 g/mol. The van der Waals surface area contributed by atoms with Gasteiger partial charge in [-0.2, -0.15) is 0 Å². The third-order valence-corrected chi connectivity index (χ3v) is 3.56. The van der Waals surface area contributed by atoms with Crippen molar-refractivity contribution in [2.45, 2.75) is 18.8 Å². The van der Waals surface area contributed by atoms with Gasteiger partial charge in [0.1, 0.15) is 0 Å². The Bertz CT molecular complexity index is 665. The van der Waals surface area contributed by atoms with Gasteiger partial charge in [0.2, 0.25) is 0 Å². The molecule has 1 heterocycles. The molecule has 0 radical (unpaired) electrons. The highest BCUT2D eigenvalue weighted by Crippen LogP contribution is 2.42. The van der Waals surface area contributed by atoms with Crippen molar-refractivity contribution >= 4 is 29.2 Å². The first-order valence-electron chi connectivity index (χ1n) is 5.72. The van der Waals surface area contributed by atoms with Crippen molar-refractivity contribution < 1.29 is 9.90 Å². The molecule has 0 saturated heterocycles. The summed E-state index contributed by atoms with van der Waals surface area (Å²) in [4.78, 5) is 11.2. The lowest BCUT2D eigenvalue weighted by Crippen LogP contribution is -2.06. The molecule has 1 aliphatic rings. The summed E-state index contributed by atoms with van der Waals surface area (Å²) >= 11 is 12.1. The van der Waals surface area contributed by atoms with Crippen LogP contribution < -0.4 is 0 Å². The van der Waals surface area contributed by atoms with Gasteiger partial charge in [0.05, 0.1) is 16.4 Å². The van der Waals surface area contributed by atoms with Crippen molar-refractivity contribution in [1.82, 2.24) is 15.0 Å². The van der Waals surface area contributed by atoms with Gasteiger partial charge in [-0.25, -0.2) is 9.48 Å². The number of carboxylic acid groups (broad SMARTS) is 1. The van der Waals surface area contributed by atoms with Crippen LogP contribution in [0.5, 0.6) is 0 Å². The Labute approximate surface area is 118 Å². The number of hydrogen-bond donors (Lipinski definition) is 1. The van der Waals surface area contributed by atoms with Crippen molar-refractivity contribution in [1.29, 1.82) is 0 Å². The molecule has 0 spiro atoms. The van der Waals surface area contributed by atoms with Crippen LogP contribution >= 0.6 is 23.2 Å². The zero-order valence-electron chi connectivity index (χ0n) is 9.68. The molecule has 0 unspecified atom stereocenters. The second kappa shape index (κ2) is 4.51. The van der Waals surface area contributed by atoms with Crippen molar-refractivity contribution in [3.8, 4) is 5.69 Å². The van der Waals surface area contributed by atoms with Gasteiger partial charge in [-0.1, -0.05) is 28.4 Å². The maximum Gasteiger partial charge on any atom is 0.358 e. The Kier molecular flexibility index (Phi) is 2.95. The smallest absolute Gasteiger partial charge is 0.358 e. The molecular formula is C12H9Cl2N3O2. The minimum absolute atomic E-state index is 0.0152. The first-order chi connectivity index (χ1) is 9.08. The quantitative estimate of drug-likeness (QED) is 0.945. The fourth-order valence-electron chi connectivity index (χ4n) is 1.99. The Morgan fingerprint density at radius 1 is 1.37 bits per heavy atom. The second-order valence-electron chi connectivity index (χ2n) is 4.41. The molecule has 1 N–H and O–H groups in total. The van der Waals surface area contributed by atoms with Crippen molar-refractivity contribution in [2.75, 3.05) is 0 Å². The van der Waals surface area contributed by atoms with Crippen molar-refractivity contribution in [2.24, 2.45) is 0 Å². The van der Waals surface area contributed by atoms with Gasteiger partial charge >= 0.3 is 5.97 Å². The molecule has 1 aromatic heterocycles. The molecule has 1 saturated carbocycles. The normalized spacial score (nSPS) is 14.6. The van der Waals surface area contributed by atoms with E-state index in [1.54, 1.807) is 18.2 Å². The summed E-state index contributed by atoms with van der Waals surface area (Å²) in [6.45, 7) is 0. The number of benzene rings is 1. The summed E-state index contributed by atoms with van der Waals surface area (Å²) in [5.74, 6) is -0.901. The lowest BCUT2D eigenvalue weighted by atomic mass is 10.2. The van der Waals surface area contributed by atoms with Crippen molar-refractivity contribution in [3.63, 3.8) is 0 Å². The molecule has 3 rings (SSSR count). The zero-order valence-corrected chi connectivity index (χ0v) is 11.2. The molecule has 19 heavy (non-hydrogen) atoms. The molecule has 0 bridgehead atoms. The summed E-state index contributed by atoms with van der Waals surface area (Å²) in [6, 6.07) is 4.97. The number of aromatic carboxylic acids is 1. The highest BCUT2D eigenvalue weighted by molar-refractivity contribution is 6.34. The van der Waals surface area contributed by atoms with E-state index < -0.39 is 5.97 Å². The molecule has 0 aliphatic heterocycles. The Morgan fingerprint density at radius 2 is 2.11 bits per heavy atom. The van der Waals surface area contributed by atoms with Crippen LogP contribution in [0, 0.1) is 0 Å². The van der Waals surface area contributed by atoms with Gasteiger partial charge in [-0.05, 0) is 31.0 Å². The lowest BCUT2D eigenvalue weighted by molar-refractivity contribution is 0.0689. The van der Waals surface area contributed by atoms with Crippen LogP contribution in [-0.4, -0.2) is 26.1 Å². The predicted molar refractivity (Wildman–Crippen MR) is 70.3 cm³/mol. The largest absolute Gasteiger partial charge is 0.476 e. The molecule has 0 amide bonds. The highest BCUT2D eigenvalue weighted by atomic mass is 35.5. The van der Waals surface area contributed by atoms with Crippen LogP contribution in [-0.2, 0) is 0 Å². The summed E-state index contributed by atoms with van der Waals surface area (Å²) in [5.41, 5.74) is 1.13. The number of carboxylic acids is 1. The molecule has 0 atom stereocenters. The molecule has 7 heteroatoms. The molecular weight excluding hydrogens is 289 g/mol. The number of carbonyl (C=O) groups is 1. The van der Waals surface area contributed by atoms with E-state index in [1.165, 1.54) is 4.68 Å². The third kappa shape index (κ3) is 2.19. The number of halogens is 2. The zero-order chi connectivity index (χ0) is 13.6. The summed E-state index contributed by atoms with van der Waals surface area (Å²) in [7, 11) is 0. The van der Waals surface area contributed by atoms with E-state index in [0.29, 0.717) is 21.4 Å². The lowest BCUT2D eigenvalue weighted by Gasteiger charge is -2.08. The average molecular weight is 298 g/mol. The number of rotatable bonds is 3. The summed E-state index contributed by atoms with van der Waals surface area (Å²) in [6.07, 6.45) is 1.87. The first-order valence-corrected chi connectivity index (χ1v) is 6.48. The predicted octanol–water partition coefficient (Wildman–Crippen LogP) is 3.15. The minimum atomic E-state index is -1.08. The topological polar surface area (TPSA) is 68.0 Å². The molecule has 1 aromatic carbocycles. The Hall–Kier alpha value is -1.59. The number of hydrogen-bond acceptors (Lipinski definition) is 3. The standard InChI is InChI=1S/C12H9Cl2N3O2/c13-7-3-4-8(14)9(5-7)17-11(6-1-2-6)10(12(18)19)15-16-17/h3-6H,1-2H2,(H,18,19). The van der Waals surface area contributed by atoms with E-state index in [4.69, 9.17) is 28.3 Å². The van der Waals surface area contributed by atoms with Crippen molar-refractivity contribution in [3.05, 3.63) is 39.6 Å². The van der Waals surface area contributed by atoms with E-state index in [0.717, 1.165) is 12.8 Å². The van der Waals surface area contributed by atoms with Crippen LogP contribution in [0.2, 0.25) is 10.0 Å². The Balaban J connectivity index is 2.20. The van der Waals surface area contributed by atoms with Gasteiger partial charge in [-0.3, -0.25) is 0 Å². The molecule has 98 valence electrons. The average Bonchev–Trinajstić information content (AvgIpc) is 3.11. The fraction of sp³-hybridized carbons (Fsp3) is 0.250. The molecule has 1 aliphatic carbocycles. The van der Waals surface area contributed by atoms with E-state index in [9.17, 15) is 4.79 Å². The summed E-state index contributed by atoms with van der Waals surface area (Å²) < 4.78 is 1.48. The fourth-order valence-corrected chi connectivity index (χ4v) is 2.35.